The van der Waals surface area contributed by atoms with Gasteiger partial charge in [-0.3, -0.25) is 4.57 Å². The van der Waals surface area contributed by atoms with E-state index in [0.717, 1.165) is 105 Å². The van der Waals surface area contributed by atoms with Crippen LogP contribution in [-0.4, -0.2) is 14.1 Å². The van der Waals surface area contributed by atoms with Crippen LogP contribution >= 0.6 is 0 Å². The number of hydrogen-bond acceptors (Lipinski definition) is 3. The van der Waals surface area contributed by atoms with E-state index in [-0.39, 0.29) is 46.0 Å². The van der Waals surface area contributed by atoms with Crippen molar-refractivity contribution in [2.24, 2.45) is 0 Å². The van der Waals surface area contributed by atoms with Gasteiger partial charge in [0.25, 0.3) is 0 Å². The van der Waals surface area contributed by atoms with Gasteiger partial charge in [0.15, 0.2) is 0 Å². The zero-order chi connectivity index (χ0) is 57.3. The minimum atomic E-state index is -0.414. The molecule has 12 aromatic rings. The molecule has 0 radical (unpaired) electrons. The van der Waals surface area contributed by atoms with Crippen molar-refractivity contribution >= 4 is 76.5 Å². The number of benzene rings is 9. The number of aromatic nitrogens is 3. The minimum absolute atomic E-state index is 0.0561. The summed E-state index contributed by atoms with van der Waals surface area (Å²) in [5, 5.41) is 8.87. The van der Waals surface area contributed by atoms with Crippen molar-refractivity contribution < 1.29 is 11.6 Å². The number of fused-ring (bicyclic) bond motifs is 10. The Morgan fingerprint density at radius 1 is 0.442 bits per heavy atom. The largest absolute Gasteiger partial charge is 0.457 e. The van der Waals surface area contributed by atoms with E-state index >= 15 is 0 Å². The molecule has 0 fully saturated rings. The fraction of sp³-hybridized carbons (Fsp3) is 0.181. The van der Waals surface area contributed by atoms with E-state index in [2.05, 4.69) is 234 Å². The van der Waals surface area contributed by atoms with Gasteiger partial charge in [0, 0.05) is 51.1 Å². The molecule has 378 valence electrons. The number of anilines is 2. The van der Waals surface area contributed by atoms with Gasteiger partial charge in [-0.25, -0.2) is 4.98 Å². The van der Waals surface area contributed by atoms with E-state index in [4.69, 9.17) is 13.8 Å². The molecule has 0 saturated carbocycles. The summed E-state index contributed by atoms with van der Waals surface area (Å²) in [4.78, 5) is 7.31. The summed E-state index contributed by atoms with van der Waals surface area (Å²) in [6.07, 6.45) is 1.91. The Kier molecular flexibility index (Phi) is 9.94. The van der Waals surface area contributed by atoms with Gasteiger partial charge in [-0.15, -0.1) is 0 Å². The third kappa shape index (κ3) is 8.37. The lowest BCUT2D eigenvalue weighted by Crippen LogP contribution is -2.16. The van der Waals surface area contributed by atoms with Crippen LogP contribution in [0.2, 0.25) is 0 Å². The van der Waals surface area contributed by atoms with Crippen molar-refractivity contribution in [2.75, 3.05) is 4.90 Å². The zero-order valence-electron chi connectivity index (χ0n) is 50.2. The molecule has 0 spiro atoms. The molecular weight excluding hydrogens is 937 g/mol. The van der Waals surface area contributed by atoms with E-state index < -0.39 is 6.04 Å². The Morgan fingerprint density at radius 3 is 1.75 bits per heavy atom. The van der Waals surface area contributed by atoms with Crippen LogP contribution in [0.4, 0.5) is 11.4 Å². The second-order valence-electron chi connectivity index (χ2n) is 23.8. The summed E-state index contributed by atoms with van der Waals surface area (Å²) in [5.74, 6) is 2.26. The van der Waals surface area contributed by atoms with Gasteiger partial charge in [0.1, 0.15) is 24.0 Å². The third-order valence-corrected chi connectivity index (χ3v) is 15.6. The van der Waals surface area contributed by atoms with Crippen LogP contribution in [0.5, 0.6) is 11.5 Å². The Hall–Kier alpha value is -8.67. The first kappa shape index (κ1) is 42.5. The second-order valence-corrected chi connectivity index (χ2v) is 23.8. The smallest absolute Gasteiger partial charge is 0.137 e. The lowest BCUT2D eigenvalue weighted by Gasteiger charge is -2.25. The Labute approximate surface area is 459 Å². The molecule has 0 bridgehead atoms. The van der Waals surface area contributed by atoms with Gasteiger partial charge in [-0.2, -0.15) is 0 Å². The Morgan fingerprint density at radius 2 is 1.04 bits per heavy atom. The van der Waals surface area contributed by atoms with Crippen LogP contribution < -0.4 is 9.64 Å². The van der Waals surface area contributed by atoms with Crippen LogP contribution in [0.3, 0.4) is 0 Å². The van der Waals surface area contributed by atoms with Crippen molar-refractivity contribution in [2.45, 2.75) is 85.2 Å². The molecule has 4 heterocycles. The highest BCUT2D eigenvalue weighted by molar-refractivity contribution is 6.22. The molecule has 77 heavy (non-hydrogen) atoms. The fourth-order valence-corrected chi connectivity index (χ4v) is 11.5. The molecule has 0 amide bonds. The number of pyridine rings is 1. The summed E-state index contributed by atoms with van der Waals surface area (Å²) in [7, 11) is 0. The van der Waals surface area contributed by atoms with Crippen LogP contribution in [0.25, 0.3) is 93.2 Å². The molecule has 0 unspecified atom stereocenters. The maximum Gasteiger partial charge on any atom is 0.137 e. The summed E-state index contributed by atoms with van der Waals surface area (Å²) in [5.41, 5.74) is 11.3. The third-order valence-electron chi connectivity index (χ3n) is 15.6. The quantitative estimate of drug-likeness (QED) is 0.166. The molecule has 5 nitrogen and oxygen atoms in total. The first-order valence-corrected chi connectivity index (χ1v) is 26.7. The first-order valence-electron chi connectivity index (χ1n) is 29.2. The van der Waals surface area contributed by atoms with Gasteiger partial charge in [-0.1, -0.05) is 190 Å². The van der Waals surface area contributed by atoms with E-state index in [1.165, 1.54) is 5.56 Å². The number of para-hydroxylation sites is 2. The van der Waals surface area contributed by atoms with Gasteiger partial charge in [-0.05, 0) is 138 Å². The average molecular weight is 1010 g/mol. The van der Waals surface area contributed by atoms with Gasteiger partial charge in [0.05, 0.1) is 34.6 Å². The van der Waals surface area contributed by atoms with Gasteiger partial charge in [0.2, 0.25) is 0 Å². The summed E-state index contributed by atoms with van der Waals surface area (Å²) < 4.78 is 56.1. The highest BCUT2D eigenvalue weighted by Gasteiger charge is 2.28. The number of hydrogen-bond donors (Lipinski definition) is 0. The lowest BCUT2D eigenvalue weighted by molar-refractivity contribution is 0.483. The topological polar surface area (TPSA) is 35.2 Å². The molecule has 3 aromatic heterocycles. The molecule has 0 N–H and O–H groups in total. The lowest BCUT2D eigenvalue weighted by atomic mass is 9.81. The van der Waals surface area contributed by atoms with E-state index in [0.29, 0.717) is 23.7 Å². The second kappa shape index (κ2) is 18.0. The number of rotatable bonds is 6. The minimum Gasteiger partial charge on any atom is -0.457 e. The molecule has 0 atom stereocenters. The fourth-order valence-electron chi connectivity index (χ4n) is 11.5. The molecule has 1 aliphatic rings. The van der Waals surface area contributed by atoms with Crippen LogP contribution in [0.1, 0.15) is 85.9 Å². The predicted octanol–water partition coefficient (Wildman–Crippen LogP) is 19.8. The van der Waals surface area contributed by atoms with E-state index in [1.807, 2.05) is 24.4 Å². The van der Waals surface area contributed by atoms with Crippen molar-refractivity contribution in [3.05, 3.63) is 229 Å². The molecule has 1 aliphatic heterocycles. The van der Waals surface area contributed by atoms with Gasteiger partial charge >= 0.3 is 0 Å². The SMILES string of the molecule is [2H]c1c([2H])c([2H])c(-c2cc(-c3cc(C(C)(C)C)cc4c5ccccc5c5ccccc5c5cccc6c5n(c34)CN6c3cccc(Oc4ccc5c6ccccc6n(-c6cc(C(C)(C)C)ccn6)c5c4)c3)cc(C(C)(C)C)c2)c([2H])c1[2H]. The summed E-state index contributed by atoms with van der Waals surface area (Å²) in [6.45, 7) is 20.3. The molecule has 9 aromatic carbocycles. The average Bonchev–Trinajstić information content (AvgIpc) is 2.65. The van der Waals surface area contributed by atoms with Crippen LogP contribution in [-0.2, 0) is 22.9 Å². The van der Waals surface area contributed by atoms with Crippen molar-refractivity contribution in [1.82, 2.24) is 14.1 Å². The van der Waals surface area contributed by atoms with Crippen molar-refractivity contribution in [3.8, 4) is 39.6 Å². The molecule has 5 heteroatoms. The van der Waals surface area contributed by atoms with Gasteiger partial charge < -0.3 is 14.2 Å². The normalized spacial score (nSPS) is 13.8. The standard InChI is InChI=1S/C72H64N4O/c1-70(2,3)49-35-36-73-67(42-49)76-64-31-18-17-29-59(64)60-34-33-54(44-66(60)76)77-53-24-19-23-52(43-53)74-45-75-68-62(48-37-47(46-21-11-10-12-22-46)38-50(39-48)71(4,5)6)40-51(72(7,8)9)41-63(68)58-28-16-14-26-56(58)55-25-13-15-27-57(55)61-30-20-32-65(74)69(61)75/h10-44H,45H2,1-9H3/i10D,11D,12D,21D,22D. The highest BCUT2D eigenvalue weighted by atomic mass is 16.5. The molecule has 13 rings (SSSR count). The number of nitrogens with zero attached hydrogens (tertiary/aromatic N) is 4. The maximum absolute atomic E-state index is 9.21. The Balaban J connectivity index is 1.05. The zero-order valence-corrected chi connectivity index (χ0v) is 45.2. The molecule has 0 saturated heterocycles. The van der Waals surface area contributed by atoms with Crippen LogP contribution in [0.15, 0.2) is 212 Å². The molecular formula is C72H64N4O. The Bertz CT molecular complexity index is 4690. The summed E-state index contributed by atoms with van der Waals surface area (Å²) >= 11 is 0. The van der Waals surface area contributed by atoms with Crippen molar-refractivity contribution in [3.63, 3.8) is 0 Å². The van der Waals surface area contributed by atoms with E-state index in [9.17, 15) is 2.74 Å². The predicted molar refractivity (Wildman–Crippen MR) is 326 cm³/mol. The number of ether oxygens (including phenoxy) is 1. The van der Waals surface area contributed by atoms with E-state index in [1.54, 1.807) is 0 Å². The monoisotopic (exact) mass is 1010 g/mol. The van der Waals surface area contributed by atoms with Crippen LogP contribution in [0, 0.1) is 0 Å². The maximum atomic E-state index is 9.21. The molecule has 0 aliphatic carbocycles. The highest BCUT2D eigenvalue weighted by Crippen LogP contribution is 2.47. The van der Waals surface area contributed by atoms with Crippen molar-refractivity contribution in [1.29, 1.82) is 0 Å². The first-order chi connectivity index (χ1) is 39.1. The summed E-state index contributed by atoms with van der Waals surface area (Å²) in [6, 6.07) is 61.0.